The van der Waals surface area contributed by atoms with Crippen molar-refractivity contribution < 1.29 is 9.47 Å². The van der Waals surface area contributed by atoms with Crippen LogP contribution in [0.25, 0.3) is 0 Å². The topological polar surface area (TPSA) is 18.5 Å². The largest absolute Gasteiger partial charge is 0.352 e. The van der Waals surface area contributed by atoms with Gasteiger partial charge in [0.1, 0.15) is 0 Å². The molecule has 1 heterocycles. The second-order valence-electron chi connectivity index (χ2n) is 11.1. The maximum absolute atomic E-state index is 6.45. The molecule has 2 aliphatic carbocycles. The summed E-state index contributed by atoms with van der Waals surface area (Å²) in [5.41, 5.74) is 6.28. The summed E-state index contributed by atoms with van der Waals surface area (Å²) < 4.78 is 12.9. The molecule has 1 saturated heterocycles. The van der Waals surface area contributed by atoms with Crippen LogP contribution in [0.15, 0.2) is 46.6 Å². The average molecular weight is 427 g/mol. The Kier molecular flexibility index (Phi) is 8.82. The Morgan fingerprint density at radius 2 is 1.48 bits per heavy atom. The van der Waals surface area contributed by atoms with Crippen molar-refractivity contribution in [3.05, 3.63) is 46.6 Å². The summed E-state index contributed by atoms with van der Waals surface area (Å²) in [4.78, 5) is 0. The summed E-state index contributed by atoms with van der Waals surface area (Å²) in [6.07, 6.45) is 19.0. The maximum Gasteiger partial charge on any atom is 0.160 e. The molecule has 0 aromatic rings. The van der Waals surface area contributed by atoms with Crippen LogP contribution in [0.3, 0.4) is 0 Å². The zero-order valence-corrected chi connectivity index (χ0v) is 21.0. The molecule has 0 aromatic heterocycles. The molecule has 0 saturated carbocycles. The van der Waals surface area contributed by atoms with Gasteiger partial charge in [-0.05, 0) is 90.9 Å². The predicted molar refractivity (Wildman–Crippen MR) is 132 cm³/mol. The van der Waals surface area contributed by atoms with Gasteiger partial charge in [-0.25, -0.2) is 0 Å². The summed E-state index contributed by atoms with van der Waals surface area (Å²) in [6, 6.07) is 0. The van der Waals surface area contributed by atoms with E-state index in [1.54, 1.807) is 11.1 Å². The Morgan fingerprint density at radius 3 is 2.00 bits per heavy atom. The number of hydrogen-bond acceptors (Lipinski definition) is 2. The number of hydrogen-bond donors (Lipinski definition) is 0. The van der Waals surface area contributed by atoms with Crippen LogP contribution in [0.4, 0.5) is 0 Å². The highest BCUT2D eigenvalue weighted by Gasteiger charge is 2.45. The summed E-state index contributed by atoms with van der Waals surface area (Å²) in [5, 5.41) is 0. The molecule has 31 heavy (non-hydrogen) atoms. The van der Waals surface area contributed by atoms with Crippen molar-refractivity contribution in [2.24, 2.45) is 23.2 Å². The van der Waals surface area contributed by atoms with Crippen molar-refractivity contribution in [3.63, 3.8) is 0 Å². The Bertz CT molecular complexity index is 707. The van der Waals surface area contributed by atoms with Crippen LogP contribution in [0.5, 0.6) is 0 Å². The zero-order chi connectivity index (χ0) is 22.4. The molecule has 174 valence electrons. The molecule has 3 rings (SSSR count). The number of allylic oxidation sites excluding steroid dienone is 8. The molecule has 1 fully saturated rings. The van der Waals surface area contributed by atoms with E-state index in [-0.39, 0.29) is 11.7 Å². The molecule has 2 heteroatoms. The molecule has 3 aliphatic rings. The highest BCUT2D eigenvalue weighted by Crippen LogP contribution is 2.46. The lowest BCUT2D eigenvalue weighted by Gasteiger charge is -2.48. The Morgan fingerprint density at radius 1 is 0.903 bits per heavy atom. The lowest BCUT2D eigenvalue weighted by molar-refractivity contribution is -0.265. The van der Waals surface area contributed by atoms with Crippen LogP contribution < -0.4 is 0 Å². The van der Waals surface area contributed by atoms with E-state index in [9.17, 15) is 0 Å². The van der Waals surface area contributed by atoms with Crippen molar-refractivity contribution in [2.45, 2.75) is 99.2 Å². The van der Waals surface area contributed by atoms with Gasteiger partial charge in [0.15, 0.2) is 6.29 Å². The highest BCUT2D eigenvalue weighted by atomic mass is 16.7. The minimum absolute atomic E-state index is 0.0218. The monoisotopic (exact) mass is 426 g/mol. The van der Waals surface area contributed by atoms with Gasteiger partial charge in [-0.3, -0.25) is 0 Å². The first-order chi connectivity index (χ1) is 14.8. The van der Waals surface area contributed by atoms with E-state index in [1.165, 1.54) is 49.7 Å². The standard InChI is InChI=1S/C29H46O2/c1-21(2)9-7-11-25-13-14-27(23(5)17-25)28-30-19-29(20-31-28)16-15-26(18-24(29)6)12-8-10-22(3)4/h9-10,13,15,23-24,27-28H,7-8,11-12,14,16-20H2,1-6H3/t23-,24+,27+,28?,29?/m1/s1. The molecule has 3 atom stereocenters. The third kappa shape index (κ3) is 6.68. The Hall–Kier alpha value is -1.12. The fourth-order valence-electron chi connectivity index (χ4n) is 5.54. The third-order valence-electron chi connectivity index (χ3n) is 7.86. The van der Waals surface area contributed by atoms with Crippen LogP contribution in [-0.2, 0) is 9.47 Å². The summed E-state index contributed by atoms with van der Waals surface area (Å²) in [7, 11) is 0. The summed E-state index contributed by atoms with van der Waals surface area (Å²) >= 11 is 0. The molecular weight excluding hydrogens is 380 g/mol. The van der Waals surface area contributed by atoms with Crippen LogP contribution in [0.2, 0.25) is 0 Å². The normalized spacial score (nSPS) is 33.5. The van der Waals surface area contributed by atoms with Crippen LogP contribution in [0, 0.1) is 23.2 Å². The van der Waals surface area contributed by atoms with Crippen molar-refractivity contribution >= 4 is 0 Å². The van der Waals surface area contributed by atoms with E-state index in [1.807, 2.05) is 0 Å². The molecule has 0 amide bonds. The number of rotatable bonds is 7. The Balaban J connectivity index is 1.50. The van der Waals surface area contributed by atoms with Crippen molar-refractivity contribution in [1.82, 2.24) is 0 Å². The minimum atomic E-state index is -0.0218. The molecule has 1 spiro atoms. The van der Waals surface area contributed by atoms with E-state index in [2.05, 4.69) is 65.8 Å². The molecule has 1 aliphatic heterocycles. The van der Waals surface area contributed by atoms with E-state index >= 15 is 0 Å². The predicted octanol–water partition coefficient (Wildman–Crippen LogP) is 8.17. The van der Waals surface area contributed by atoms with Gasteiger partial charge in [0.2, 0.25) is 0 Å². The van der Waals surface area contributed by atoms with Crippen LogP contribution in [0.1, 0.15) is 92.9 Å². The van der Waals surface area contributed by atoms with E-state index in [4.69, 9.17) is 9.47 Å². The molecule has 0 bridgehead atoms. The summed E-state index contributed by atoms with van der Waals surface area (Å²) in [6.45, 7) is 15.3. The average Bonchev–Trinajstić information content (AvgIpc) is 2.71. The van der Waals surface area contributed by atoms with Crippen LogP contribution >= 0.6 is 0 Å². The molecule has 0 N–H and O–H groups in total. The van der Waals surface area contributed by atoms with Gasteiger partial charge in [0, 0.05) is 11.3 Å². The van der Waals surface area contributed by atoms with Crippen molar-refractivity contribution in [1.29, 1.82) is 0 Å². The van der Waals surface area contributed by atoms with E-state index < -0.39 is 0 Å². The molecule has 0 radical (unpaired) electrons. The quantitative estimate of drug-likeness (QED) is 0.382. The van der Waals surface area contributed by atoms with Gasteiger partial charge in [-0.15, -0.1) is 0 Å². The van der Waals surface area contributed by atoms with Gasteiger partial charge < -0.3 is 9.47 Å². The SMILES string of the molecule is CC(C)=CCCC1=CC[C@H](C2OCC3(CC=C(CCC=C(C)C)C[C@@H]3C)CO2)[C@H](C)C1. The maximum atomic E-state index is 6.45. The first kappa shape index (κ1) is 24.5. The Labute approximate surface area is 191 Å². The highest BCUT2D eigenvalue weighted by molar-refractivity contribution is 5.14. The summed E-state index contributed by atoms with van der Waals surface area (Å²) in [5.74, 6) is 1.76. The fourth-order valence-corrected chi connectivity index (χ4v) is 5.54. The molecular formula is C29H46O2. The van der Waals surface area contributed by atoms with Gasteiger partial charge in [-0.2, -0.15) is 0 Å². The number of ether oxygens (including phenoxy) is 2. The van der Waals surface area contributed by atoms with Gasteiger partial charge in [0.25, 0.3) is 0 Å². The van der Waals surface area contributed by atoms with E-state index in [0.717, 1.165) is 26.1 Å². The van der Waals surface area contributed by atoms with Crippen molar-refractivity contribution in [2.75, 3.05) is 13.2 Å². The smallest absolute Gasteiger partial charge is 0.160 e. The first-order valence-electron chi connectivity index (χ1n) is 12.6. The first-order valence-corrected chi connectivity index (χ1v) is 12.6. The second kappa shape index (κ2) is 11.1. The van der Waals surface area contributed by atoms with Gasteiger partial charge in [0.05, 0.1) is 13.2 Å². The van der Waals surface area contributed by atoms with Crippen LogP contribution in [-0.4, -0.2) is 19.5 Å². The molecule has 2 nitrogen and oxygen atoms in total. The van der Waals surface area contributed by atoms with Gasteiger partial charge in [-0.1, -0.05) is 60.4 Å². The second-order valence-corrected chi connectivity index (χ2v) is 11.1. The zero-order valence-electron chi connectivity index (χ0n) is 21.0. The molecule has 0 unspecified atom stereocenters. The minimum Gasteiger partial charge on any atom is -0.352 e. The fraction of sp³-hybridized carbons (Fsp3) is 0.724. The molecule has 0 aromatic carbocycles. The lowest BCUT2D eigenvalue weighted by atomic mass is 9.67. The third-order valence-corrected chi connectivity index (χ3v) is 7.86. The van der Waals surface area contributed by atoms with E-state index in [0.29, 0.717) is 17.8 Å². The van der Waals surface area contributed by atoms with Crippen molar-refractivity contribution in [3.8, 4) is 0 Å². The van der Waals surface area contributed by atoms with Gasteiger partial charge >= 0.3 is 0 Å². The lowest BCUT2D eigenvalue weighted by Crippen LogP contribution is -2.49.